The summed E-state index contributed by atoms with van der Waals surface area (Å²) in [7, 11) is 0. The summed E-state index contributed by atoms with van der Waals surface area (Å²) in [6.07, 6.45) is 0. The van der Waals surface area contributed by atoms with Crippen LogP contribution in [0.2, 0.25) is 0 Å². The summed E-state index contributed by atoms with van der Waals surface area (Å²) in [5.74, 6) is 0.352. The van der Waals surface area contributed by atoms with E-state index in [0.29, 0.717) is 17.1 Å². The van der Waals surface area contributed by atoms with Crippen LogP contribution in [0.4, 0.5) is 5.69 Å². The molecule has 3 N–H and O–H groups in total. The van der Waals surface area contributed by atoms with E-state index in [0.717, 1.165) is 15.6 Å². The molecule has 6 heteroatoms. The molecule has 2 aromatic carbocycles. The molecule has 0 saturated heterocycles. The Hall–Kier alpha value is -2.34. The average molecular weight is 376 g/mol. The summed E-state index contributed by atoms with van der Waals surface area (Å²) in [6.45, 7) is 3.63. The third-order valence-electron chi connectivity index (χ3n) is 3.17. The molecule has 0 atom stereocenters. The number of hydrazone groups is 1. The molecule has 0 aliphatic carbocycles. The van der Waals surface area contributed by atoms with Crippen LogP contribution < -0.4 is 15.9 Å². The van der Waals surface area contributed by atoms with Crippen molar-refractivity contribution in [2.75, 3.05) is 12.3 Å². The van der Waals surface area contributed by atoms with Crippen molar-refractivity contribution < 1.29 is 9.53 Å². The number of nitrogen functional groups attached to an aromatic ring is 1. The molecule has 0 bridgehead atoms. The van der Waals surface area contributed by atoms with Gasteiger partial charge in [-0.2, -0.15) is 5.10 Å². The summed E-state index contributed by atoms with van der Waals surface area (Å²) in [4.78, 5) is 11.8. The largest absolute Gasteiger partial charge is 0.483 e. The monoisotopic (exact) mass is 375 g/mol. The van der Waals surface area contributed by atoms with E-state index >= 15 is 0 Å². The maximum atomic E-state index is 11.8. The zero-order valence-electron chi connectivity index (χ0n) is 13.0. The summed E-state index contributed by atoms with van der Waals surface area (Å²) in [6, 6.07) is 12.9. The zero-order valence-corrected chi connectivity index (χ0v) is 14.6. The van der Waals surface area contributed by atoms with E-state index < -0.39 is 0 Å². The maximum Gasteiger partial charge on any atom is 0.277 e. The Morgan fingerprint density at radius 3 is 2.61 bits per heavy atom. The fraction of sp³-hybridized carbons (Fsp3) is 0.176. The number of hydrogen-bond acceptors (Lipinski definition) is 4. The minimum Gasteiger partial charge on any atom is -0.483 e. The number of nitrogens with zero attached hydrogens (tertiary/aromatic N) is 1. The number of aryl methyl sites for hydroxylation is 1. The van der Waals surface area contributed by atoms with Crippen molar-refractivity contribution in [3.63, 3.8) is 0 Å². The van der Waals surface area contributed by atoms with E-state index in [1.54, 1.807) is 12.1 Å². The lowest BCUT2D eigenvalue weighted by Crippen LogP contribution is -2.25. The van der Waals surface area contributed by atoms with Crippen LogP contribution in [-0.2, 0) is 4.79 Å². The normalized spacial score (nSPS) is 11.2. The van der Waals surface area contributed by atoms with Gasteiger partial charge >= 0.3 is 0 Å². The summed E-state index contributed by atoms with van der Waals surface area (Å²) in [5, 5.41) is 4.06. The molecular weight excluding hydrogens is 358 g/mol. The van der Waals surface area contributed by atoms with Gasteiger partial charge in [0.25, 0.3) is 5.91 Å². The molecular formula is C17H18BrN3O2. The van der Waals surface area contributed by atoms with Crippen molar-refractivity contribution in [3.8, 4) is 5.75 Å². The Labute approximate surface area is 143 Å². The van der Waals surface area contributed by atoms with E-state index in [2.05, 4.69) is 26.5 Å². The van der Waals surface area contributed by atoms with Gasteiger partial charge in [-0.05, 0) is 55.3 Å². The smallest absolute Gasteiger partial charge is 0.277 e. The second-order valence-corrected chi connectivity index (χ2v) is 5.97. The molecule has 0 saturated carbocycles. The minimum atomic E-state index is -0.317. The van der Waals surface area contributed by atoms with E-state index in [4.69, 9.17) is 10.5 Å². The maximum absolute atomic E-state index is 11.8. The number of rotatable bonds is 5. The highest BCUT2D eigenvalue weighted by Crippen LogP contribution is 2.21. The van der Waals surface area contributed by atoms with Gasteiger partial charge in [-0.25, -0.2) is 5.43 Å². The van der Waals surface area contributed by atoms with Crippen molar-refractivity contribution in [1.82, 2.24) is 5.43 Å². The second-order valence-electron chi connectivity index (χ2n) is 5.05. The molecule has 0 spiro atoms. The second kappa shape index (κ2) is 7.78. The van der Waals surface area contributed by atoms with Crippen LogP contribution in [-0.4, -0.2) is 18.2 Å². The first-order valence-electron chi connectivity index (χ1n) is 7.03. The number of ether oxygens (including phenoxy) is 1. The number of benzene rings is 2. The van der Waals surface area contributed by atoms with Crippen molar-refractivity contribution in [2.24, 2.45) is 5.10 Å². The number of anilines is 1. The molecule has 0 aliphatic rings. The first kappa shape index (κ1) is 17.0. The number of nitrogens with two attached hydrogens (primary N) is 1. The number of nitrogens with one attached hydrogen (secondary N) is 1. The van der Waals surface area contributed by atoms with Crippen LogP contribution in [0.15, 0.2) is 52.0 Å². The number of amides is 1. The quantitative estimate of drug-likeness (QED) is 0.478. The molecule has 5 nitrogen and oxygen atoms in total. The third kappa shape index (κ3) is 5.10. The van der Waals surface area contributed by atoms with Gasteiger partial charge in [0, 0.05) is 10.2 Å². The van der Waals surface area contributed by atoms with E-state index in [-0.39, 0.29) is 12.5 Å². The Kier molecular flexibility index (Phi) is 5.76. The lowest BCUT2D eigenvalue weighted by Gasteiger charge is -2.08. The fourth-order valence-electron chi connectivity index (χ4n) is 1.89. The molecule has 0 aromatic heterocycles. The topological polar surface area (TPSA) is 76.7 Å². The van der Waals surface area contributed by atoms with Gasteiger partial charge in [0.2, 0.25) is 0 Å². The SMILES string of the molecule is C/C(=N\NC(=O)COc1ccc(Br)cc1C)c1ccc(N)cc1. The Morgan fingerprint density at radius 2 is 1.96 bits per heavy atom. The van der Waals surface area contributed by atoms with Gasteiger partial charge < -0.3 is 10.5 Å². The predicted molar refractivity (Wildman–Crippen MR) is 95.6 cm³/mol. The average Bonchev–Trinajstić information content (AvgIpc) is 2.52. The summed E-state index contributed by atoms with van der Waals surface area (Å²) < 4.78 is 6.46. The van der Waals surface area contributed by atoms with Crippen LogP contribution in [0.3, 0.4) is 0 Å². The fourth-order valence-corrected chi connectivity index (χ4v) is 2.36. The van der Waals surface area contributed by atoms with Gasteiger partial charge in [-0.1, -0.05) is 28.1 Å². The standard InChI is InChI=1S/C17H18BrN3O2/c1-11-9-14(18)5-8-16(11)23-10-17(22)21-20-12(2)13-3-6-15(19)7-4-13/h3-9H,10,19H2,1-2H3,(H,21,22)/b20-12+. The molecule has 0 fully saturated rings. The Morgan fingerprint density at radius 1 is 1.26 bits per heavy atom. The summed E-state index contributed by atoms with van der Waals surface area (Å²) >= 11 is 3.38. The van der Waals surface area contributed by atoms with Gasteiger partial charge in [0.1, 0.15) is 5.75 Å². The Balaban J connectivity index is 1.89. The van der Waals surface area contributed by atoms with Crippen LogP contribution >= 0.6 is 15.9 Å². The minimum absolute atomic E-state index is 0.0962. The molecule has 2 rings (SSSR count). The molecule has 0 aliphatic heterocycles. The van der Waals surface area contributed by atoms with Crippen molar-refractivity contribution in [2.45, 2.75) is 13.8 Å². The van der Waals surface area contributed by atoms with Gasteiger partial charge in [0.05, 0.1) is 5.71 Å². The number of carbonyl (C=O) groups excluding carboxylic acids is 1. The number of carbonyl (C=O) groups is 1. The van der Waals surface area contributed by atoms with Gasteiger partial charge in [0.15, 0.2) is 6.61 Å². The molecule has 0 heterocycles. The van der Waals surface area contributed by atoms with Crippen molar-refractivity contribution >= 4 is 33.2 Å². The van der Waals surface area contributed by atoms with Crippen molar-refractivity contribution in [3.05, 3.63) is 58.1 Å². The Bertz CT molecular complexity index is 727. The number of halogens is 1. The molecule has 1 amide bonds. The van der Waals surface area contributed by atoms with Crippen LogP contribution in [0.5, 0.6) is 5.75 Å². The van der Waals surface area contributed by atoms with E-state index in [9.17, 15) is 4.79 Å². The highest BCUT2D eigenvalue weighted by molar-refractivity contribution is 9.10. The number of hydrogen-bond donors (Lipinski definition) is 2. The van der Waals surface area contributed by atoms with Crippen LogP contribution in [0.25, 0.3) is 0 Å². The predicted octanol–water partition coefficient (Wildman–Crippen LogP) is 3.26. The summed E-state index contributed by atoms with van der Waals surface area (Å²) in [5.41, 5.74) is 11.3. The molecule has 0 unspecified atom stereocenters. The molecule has 0 radical (unpaired) electrons. The van der Waals surface area contributed by atoms with Crippen molar-refractivity contribution in [1.29, 1.82) is 0 Å². The van der Waals surface area contributed by atoms with E-state index in [1.165, 1.54) is 0 Å². The molecule has 120 valence electrons. The van der Waals surface area contributed by atoms with E-state index in [1.807, 2.05) is 44.2 Å². The zero-order chi connectivity index (χ0) is 16.8. The highest BCUT2D eigenvalue weighted by Gasteiger charge is 2.05. The lowest BCUT2D eigenvalue weighted by atomic mass is 10.1. The molecule has 2 aromatic rings. The van der Waals surface area contributed by atoms with Crippen LogP contribution in [0.1, 0.15) is 18.1 Å². The van der Waals surface area contributed by atoms with Crippen LogP contribution in [0, 0.1) is 6.92 Å². The first-order valence-corrected chi connectivity index (χ1v) is 7.83. The first-order chi connectivity index (χ1) is 11.0. The lowest BCUT2D eigenvalue weighted by molar-refractivity contribution is -0.123. The third-order valence-corrected chi connectivity index (χ3v) is 3.67. The molecule has 23 heavy (non-hydrogen) atoms. The van der Waals surface area contributed by atoms with Gasteiger partial charge in [-0.3, -0.25) is 4.79 Å². The highest BCUT2D eigenvalue weighted by atomic mass is 79.9. The van der Waals surface area contributed by atoms with Gasteiger partial charge in [-0.15, -0.1) is 0 Å².